The Labute approximate surface area is 185 Å². The minimum Gasteiger partial charge on any atom is -0.466 e. The number of carbonyl (C=O) groups excluding carboxylic acids is 2. The van der Waals surface area contributed by atoms with E-state index in [1.54, 1.807) is 6.08 Å². The highest BCUT2D eigenvalue weighted by Gasteiger charge is 2.56. The van der Waals surface area contributed by atoms with Gasteiger partial charge in [-0.3, -0.25) is 4.79 Å². The van der Waals surface area contributed by atoms with Gasteiger partial charge in [0.2, 0.25) is 0 Å². The van der Waals surface area contributed by atoms with Gasteiger partial charge in [0.25, 0.3) is 0 Å². The van der Waals surface area contributed by atoms with Gasteiger partial charge < -0.3 is 28.4 Å². The van der Waals surface area contributed by atoms with Gasteiger partial charge in [-0.1, -0.05) is 26.1 Å². The van der Waals surface area contributed by atoms with Crippen LogP contribution in [0.25, 0.3) is 0 Å². The van der Waals surface area contributed by atoms with Crippen LogP contribution in [-0.4, -0.2) is 70.7 Å². The summed E-state index contributed by atoms with van der Waals surface area (Å²) in [7, 11) is 0.0698. The second-order valence-corrected chi connectivity index (χ2v) is 15.4. The second kappa shape index (κ2) is 10.1. The SMILES string of the molecule is COC(=O)C1=C[C@H]2OC3(CCCCC3)O[C@H]2[C@H](OCOCC[Si](C)(C)C)[C@@H]1OC(C)=O. The average molecular weight is 457 g/mol. The molecule has 8 nitrogen and oxygen atoms in total. The number of hydrogen-bond acceptors (Lipinski definition) is 8. The Bertz CT molecular complexity index is 679. The van der Waals surface area contributed by atoms with Gasteiger partial charge in [0.1, 0.15) is 25.1 Å². The molecule has 3 aliphatic rings. The fourth-order valence-electron chi connectivity index (χ4n) is 4.35. The van der Waals surface area contributed by atoms with Crippen LogP contribution < -0.4 is 0 Å². The number of carbonyl (C=O) groups is 2. The Hall–Kier alpha value is -1.26. The van der Waals surface area contributed by atoms with Crippen molar-refractivity contribution >= 4 is 20.0 Å². The van der Waals surface area contributed by atoms with Gasteiger partial charge in [-0.2, -0.15) is 0 Å². The van der Waals surface area contributed by atoms with E-state index < -0.39 is 50.2 Å². The fourth-order valence-corrected chi connectivity index (χ4v) is 5.10. The monoisotopic (exact) mass is 456 g/mol. The standard InChI is InChI=1S/C22H36O8Si/c1-15(23)28-18-16(21(24)25-2)13-17-19(30-22(29-17)9-7-6-8-10-22)20(18)27-14-26-11-12-31(3,4)5/h13,17-20H,6-12,14H2,1-5H3/t17-,18-,19-,20-/m1/s1. The molecule has 3 rings (SSSR count). The lowest BCUT2D eigenvalue weighted by Crippen LogP contribution is -2.52. The molecule has 176 valence electrons. The Morgan fingerprint density at radius 2 is 1.87 bits per heavy atom. The van der Waals surface area contributed by atoms with Gasteiger partial charge in [0.15, 0.2) is 11.9 Å². The van der Waals surface area contributed by atoms with Gasteiger partial charge in [0, 0.05) is 34.4 Å². The zero-order chi connectivity index (χ0) is 22.6. The number of methoxy groups -OCH3 is 1. The van der Waals surface area contributed by atoms with Crippen molar-refractivity contribution < 1.29 is 38.0 Å². The van der Waals surface area contributed by atoms with Crippen LogP contribution in [0.1, 0.15) is 39.0 Å². The molecule has 1 aliphatic heterocycles. The van der Waals surface area contributed by atoms with Crippen molar-refractivity contribution in [2.45, 2.75) is 94.9 Å². The maximum Gasteiger partial charge on any atom is 0.337 e. The van der Waals surface area contributed by atoms with E-state index in [0.717, 1.165) is 38.1 Å². The molecular formula is C22H36O8Si. The van der Waals surface area contributed by atoms with E-state index in [0.29, 0.717) is 6.61 Å². The maximum atomic E-state index is 12.5. The topological polar surface area (TPSA) is 89.5 Å². The molecule has 31 heavy (non-hydrogen) atoms. The van der Waals surface area contributed by atoms with Gasteiger partial charge in [0.05, 0.1) is 12.7 Å². The predicted octanol–water partition coefficient (Wildman–Crippen LogP) is 3.17. The van der Waals surface area contributed by atoms with Crippen molar-refractivity contribution in [3.63, 3.8) is 0 Å². The zero-order valence-electron chi connectivity index (χ0n) is 19.3. The number of fused-ring (bicyclic) bond motifs is 1. The molecule has 1 spiro atoms. The molecule has 0 aromatic carbocycles. The highest BCUT2D eigenvalue weighted by atomic mass is 28.3. The molecule has 1 saturated carbocycles. The summed E-state index contributed by atoms with van der Waals surface area (Å²) in [6.07, 6.45) is 3.76. The van der Waals surface area contributed by atoms with Crippen LogP contribution in [-0.2, 0) is 38.0 Å². The third-order valence-electron chi connectivity index (χ3n) is 5.97. The molecular weight excluding hydrogens is 420 g/mol. The molecule has 1 saturated heterocycles. The summed E-state index contributed by atoms with van der Waals surface area (Å²) in [5.74, 6) is -1.78. The minimum absolute atomic E-state index is 0.0148. The van der Waals surface area contributed by atoms with Crippen LogP contribution in [0.2, 0.25) is 25.7 Å². The van der Waals surface area contributed by atoms with E-state index in [9.17, 15) is 9.59 Å². The largest absolute Gasteiger partial charge is 0.466 e. The van der Waals surface area contributed by atoms with Crippen molar-refractivity contribution in [3.8, 4) is 0 Å². The number of rotatable bonds is 8. The lowest BCUT2D eigenvalue weighted by atomic mass is 9.89. The molecule has 0 N–H and O–H groups in total. The van der Waals surface area contributed by atoms with Gasteiger partial charge in [-0.15, -0.1) is 0 Å². The molecule has 0 radical (unpaired) electrons. The third kappa shape index (κ3) is 6.16. The van der Waals surface area contributed by atoms with E-state index in [4.69, 9.17) is 28.4 Å². The average Bonchev–Trinajstić information content (AvgIpc) is 3.04. The summed E-state index contributed by atoms with van der Waals surface area (Å²) in [6, 6.07) is 1.01. The van der Waals surface area contributed by atoms with E-state index >= 15 is 0 Å². The van der Waals surface area contributed by atoms with Crippen molar-refractivity contribution in [1.82, 2.24) is 0 Å². The first-order valence-corrected chi connectivity index (χ1v) is 14.9. The third-order valence-corrected chi connectivity index (χ3v) is 7.67. The van der Waals surface area contributed by atoms with E-state index in [1.165, 1.54) is 14.0 Å². The molecule has 2 aliphatic carbocycles. The molecule has 1 heterocycles. The zero-order valence-corrected chi connectivity index (χ0v) is 20.3. The highest BCUT2D eigenvalue weighted by Crippen LogP contribution is 2.45. The van der Waals surface area contributed by atoms with Crippen LogP contribution in [0, 0.1) is 0 Å². The quantitative estimate of drug-likeness (QED) is 0.238. The molecule has 9 heteroatoms. The molecule has 0 amide bonds. The Morgan fingerprint density at radius 3 is 2.48 bits per heavy atom. The number of esters is 2. The number of hydrogen-bond donors (Lipinski definition) is 0. The molecule has 0 aromatic rings. The van der Waals surface area contributed by atoms with Crippen LogP contribution in [0.4, 0.5) is 0 Å². The van der Waals surface area contributed by atoms with Crippen LogP contribution in [0.15, 0.2) is 11.6 Å². The molecule has 2 fully saturated rings. The van der Waals surface area contributed by atoms with Crippen molar-refractivity contribution in [3.05, 3.63) is 11.6 Å². The molecule has 0 unspecified atom stereocenters. The normalized spacial score (nSPS) is 29.9. The van der Waals surface area contributed by atoms with E-state index in [1.807, 2.05) is 0 Å². The summed E-state index contributed by atoms with van der Waals surface area (Å²) in [4.78, 5) is 24.3. The van der Waals surface area contributed by atoms with Crippen LogP contribution in [0.5, 0.6) is 0 Å². The highest BCUT2D eigenvalue weighted by molar-refractivity contribution is 6.76. The van der Waals surface area contributed by atoms with Gasteiger partial charge in [-0.05, 0) is 25.0 Å². The molecule has 0 bridgehead atoms. The lowest BCUT2D eigenvalue weighted by molar-refractivity contribution is -0.216. The summed E-state index contributed by atoms with van der Waals surface area (Å²) >= 11 is 0. The summed E-state index contributed by atoms with van der Waals surface area (Å²) < 4.78 is 34.9. The smallest absolute Gasteiger partial charge is 0.337 e. The molecule has 0 aromatic heterocycles. The van der Waals surface area contributed by atoms with E-state index in [-0.39, 0.29) is 12.4 Å². The Balaban J connectivity index is 1.79. The maximum absolute atomic E-state index is 12.5. The Kier molecular flexibility index (Phi) is 7.96. The van der Waals surface area contributed by atoms with E-state index in [2.05, 4.69) is 19.6 Å². The predicted molar refractivity (Wildman–Crippen MR) is 115 cm³/mol. The summed E-state index contributed by atoms with van der Waals surface area (Å²) in [5, 5.41) is 0. The lowest BCUT2D eigenvalue weighted by Gasteiger charge is -2.36. The Morgan fingerprint density at radius 1 is 1.16 bits per heavy atom. The summed E-state index contributed by atoms with van der Waals surface area (Å²) in [6.45, 7) is 8.75. The fraction of sp³-hybridized carbons (Fsp3) is 0.818. The molecule has 4 atom stereocenters. The van der Waals surface area contributed by atoms with Crippen molar-refractivity contribution in [1.29, 1.82) is 0 Å². The minimum atomic E-state index is -1.23. The van der Waals surface area contributed by atoms with Crippen molar-refractivity contribution in [2.75, 3.05) is 20.5 Å². The summed E-state index contributed by atoms with van der Waals surface area (Å²) in [5.41, 5.74) is 0.211. The first kappa shape index (κ1) is 24.4. The van der Waals surface area contributed by atoms with Crippen LogP contribution in [0.3, 0.4) is 0 Å². The van der Waals surface area contributed by atoms with Gasteiger partial charge >= 0.3 is 11.9 Å². The van der Waals surface area contributed by atoms with Gasteiger partial charge in [-0.25, -0.2) is 4.79 Å². The van der Waals surface area contributed by atoms with Crippen LogP contribution >= 0.6 is 0 Å². The first-order chi connectivity index (χ1) is 14.6. The van der Waals surface area contributed by atoms with Crippen molar-refractivity contribution in [2.24, 2.45) is 0 Å². The number of ether oxygens (including phenoxy) is 6. The second-order valence-electron chi connectivity index (χ2n) is 9.75. The first-order valence-electron chi connectivity index (χ1n) is 11.2.